The lowest BCUT2D eigenvalue weighted by Crippen LogP contribution is -2.55. The Balaban J connectivity index is 0.882. The fraction of sp³-hybridized carbons (Fsp3) is 0.156. The number of benzene rings is 9. The first-order valence-corrected chi connectivity index (χ1v) is 24.1. The van der Waals surface area contributed by atoms with E-state index in [2.05, 4.69) is 217 Å². The number of nitrogens with zero attached hydrogens (tertiary/aromatic N) is 1. The second-order valence-electron chi connectivity index (χ2n) is 19.7. The molecule has 0 unspecified atom stereocenters. The van der Waals surface area contributed by atoms with Crippen LogP contribution in [0.25, 0.3) is 77.6 Å². The molecule has 15 rings (SSSR count). The monoisotopic (exact) mass is 847 g/mol. The van der Waals surface area contributed by atoms with Crippen molar-refractivity contribution in [3.63, 3.8) is 0 Å². The molecule has 1 aromatic heterocycles. The standard InChI is InChI=1S/C64H49NO/c1-4-12-43(13-5-1)44-20-24-51(25-21-44)65(52-26-30-54(45-14-6-2-7-15-45)58(39-52)46-16-8-3-9-17-46)53-27-31-62-59(40-53)57-29-23-48(38-63(57)66-62)47-22-28-56-55-18-10-11-19-60(55)64(61(56)37-47)49-33-41-32-42(35-49)36-50(64)34-41/h1-31,37-42,49-50H,32-36H2. The molecule has 66 heavy (non-hydrogen) atoms. The Labute approximate surface area is 386 Å². The Bertz CT molecular complexity index is 3450. The zero-order valence-electron chi connectivity index (χ0n) is 36.9. The van der Waals surface area contributed by atoms with Gasteiger partial charge in [-0.05, 0) is 183 Å². The molecule has 10 aromatic rings. The van der Waals surface area contributed by atoms with E-state index in [0.29, 0.717) is 0 Å². The minimum atomic E-state index is 0.146. The van der Waals surface area contributed by atoms with Crippen LogP contribution in [0.5, 0.6) is 0 Å². The number of anilines is 3. The van der Waals surface area contributed by atoms with Crippen LogP contribution < -0.4 is 4.90 Å². The predicted molar refractivity (Wildman–Crippen MR) is 273 cm³/mol. The topological polar surface area (TPSA) is 16.4 Å². The van der Waals surface area contributed by atoms with Crippen molar-refractivity contribution in [1.82, 2.24) is 0 Å². The summed E-state index contributed by atoms with van der Waals surface area (Å²) >= 11 is 0. The molecule has 316 valence electrons. The van der Waals surface area contributed by atoms with Crippen molar-refractivity contribution in [2.45, 2.75) is 37.5 Å². The summed E-state index contributed by atoms with van der Waals surface area (Å²) in [4.78, 5) is 2.39. The molecular weight excluding hydrogens is 799 g/mol. The van der Waals surface area contributed by atoms with Crippen LogP contribution in [0.1, 0.15) is 43.2 Å². The van der Waals surface area contributed by atoms with Gasteiger partial charge in [0.25, 0.3) is 0 Å². The summed E-state index contributed by atoms with van der Waals surface area (Å²) in [5.74, 6) is 3.33. The van der Waals surface area contributed by atoms with Crippen LogP contribution in [0.2, 0.25) is 0 Å². The summed E-state index contributed by atoms with van der Waals surface area (Å²) in [5, 5.41) is 2.24. The lowest BCUT2D eigenvalue weighted by Gasteiger charge is -2.61. The van der Waals surface area contributed by atoms with Crippen LogP contribution in [0.15, 0.2) is 217 Å². The van der Waals surface area contributed by atoms with Gasteiger partial charge in [0, 0.05) is 33.2 Å². The molecule has 0 amide bonds. The first-order chi connectivity index (χ1) is 32.7. The van der Waals surface area contributed by atoms with Gasteiger partial charge in [0.05, 0.1) is 0 Å². The normalized spacial score (nSPS) is 21.1. The van der Waals surface area contributed by atoms with Crippen LogP contribution in [-0.4, -0.2) is 0 Å². The van der Waals surface area contributed by atoms with Crippen molar-refractivity contribution in [2.75, 3.05) is 4.90 Å². The van der Waals surface area contributed by atoms with Gasteiger partial charge in [-0.15, -0.1) is 0 Å². The molecule has 0 radical (unpaired) electrons. The van der Waals surface area contributed by atoms with Gasteiger partial charge in [0.2, 0.25) is 0 Å². The maximum Gasteiger partial charge on any atom is 0.136 e. The third-order valence-electron chi connectivity index (χ3n) is 16.3. The van der Waals surface area contributed by atoms with Gasteiger partial charge >= 0.3 is 0 Å². The summed E-state index contributed by atoms with van der Waals surface area (Å²) < 4.78 is 6.78. The van der Waals surface area contributed by atoms with E-state index < -0.39 is 0 Å². The Hall–Kier alpha value is -7.42. The van der Waals surface area contributed by atoms with Crippen LogP contribution in [0.4, 0.5) is 17.1 Å². The van der Waals surface area contributed by atoms with Crippen LogP contribution >= 0.6 is 0 Å². The summed E-state index contributed by atoms with van der Waals surface area (Å²) in [5.41, 5.74) is 21.0. The third-order valence-corrected chi connectivity index (χ3v) is 16.3. The van der Waals surface area contributed by atoms with Crippen molar-refractivity contribution in [1.29, 1.82) is 0 Å². The third kappa shape index (κ3) is 5.80. The average molecular weight is 848 g/mol. The zero-order valence-corrected chi connectivity index (χ0v) is 36.9. The van der Waals surface area contributed by atoms with E-state index in [4.69, 9.17) is 4.42 Å². The number of hydrogen-bond donors (Lipinski definition) is 0. The van der Waals surface area contributed by atoms with Gasteiger partial charge < -0.3 is 9.32 Å². The summed E-state index contributed by atoms with van der Waals surface area (Å²) in [6, 6.07) is 78.4. The van der Waals surface area contributed by atoms with Crippen molar-refractivity contribution >= 4 is 39.0 Å². The minimum absolute atomic E-state index is 0.146. The Morgan fingerprint density at radius 1 is 0.333 bits per heavy atom. The predicted octanol–water partition coefficient (Wildman–Crippen LogP) is 17.4. The van der Waals surface area contributed by atoms with Crippen LogP contribution in [0.3, 0.4) is 0 Å². The molecule has 4 bridgehead atoms. The van der Waals surface area contributed by atoms with E-state index >= 15 is 0 Å². The van der Waals surface area contributed by atoms with Crippen molar-refractivity contribution in [3.8, 4) is 55.6 Å². The molecule has 0 saturated heterocycles. The maximum atomic E-state index is 6.78. The molecule has 5 aliphatic rings. The lowest BCUT2D eigenvalue weighted by molar-refractivity contribution is -0.0399. The Kier molecular flexibility index (Phi) is 8.50. The molecule has 5 aliphatic carbocycles. The minimum Gasteiger partial charge on any atom is -0.456 e. The summed E-state index contributed by atoms with van der Waals surface area (Å²) in [6.07, 6.45) is 7.03. The van der Waals surface area contributed by atoms with E-state index in [1.165, 1.54) is 87.7 Å². The Morgan fingerprint density at radius 2 is 0.864 bits per heavy atom. The first-order valence-electron chi connectivity index (χ1n) is 24.1. The highest BCUT2D eigenvalue weighted by Gasteiger charge is 2.61. The van der Waals surface area contributed by atoms with Gasteiger partial charge in [-0.2, -0.15) is 0 Å². The van der Waals surface area contributed by atoms with E-state index in [1.54, 1.807) is 11.1 Å². The fourth-order valence-electron chi connectivity index (χ4n) is 13.7. The zero-order chi connectivity index (χ0) is 43.3. The van der Waals surface area contributed by atoms with Crippen molar-refractivity contribution < 1.29 is 4.42 Å². The number of fused-ring (bicyclic) bond motifs is 6. The SMILES string of the molecule is c1ccc(-c2ccc(N(c3ccc(-c4ccccc4)c(-c4ccccc4)c3)c3ccc4oc5cc(-c6ccc7c(c6)C6(c8ccccc8-7)C7CC8CC(C7)CC6C8)ccc5c4c3)cc2)cc1. The van der Waals surface area contributed by atoms with Gasteiger partial charge in [-0.3, -0.25) is 0 Å². The molecule has 1 heterocycles. The lowest BCUT2D eigenvalue weighted by atomic mass is 9.43. The molecule has 9 aromatic carbocycles. The van der Waals surface area contributed by atoms with E-state index in [0.717, 1.165) is 62.7 Å². The van der Waals surface area contributed by atoms with E-state index in [1.807, 2.05) is 0 Å². The largest absolute Gasteiger partial charge is 0.456 e. The molecule has 0 atom stereocenters. The van der Waals surface area contributed by atoms with Gasteiger partial charge in [0.1, 0.15) is 11.2 Å². The van der Waals surface area contributed by atoms with E-state index in [-0.39, 0.29) is 5.41 Å². The van der Waals surface area contributed by atoms with Gasteiger partial charge in [-0.25, -0.2) is 0 Å². The average Bonchev–Trinajstić information content (AvgIpc) is 3.89. The van der Waals surface area contributed by atoms with Gasteiger partial charge in [0.15, 0.2) is 0 Å². The van der Waals surface area contributed by atoms with Crippen molar-refractivity contribution in [2.24, 2.45) is 23.7 Å². The quantitative estimate of drug-likeness (QED) is 0.159. The maximum absolute atomic E-state index is 6.78. The number of rotatable bonds is 7. The summed E-state index contributed by atoms with van der Waals surface area (Å²) in [6.45, 7) is 0. The first kappa shape index (κ1) is 37.9. The van der Waals surface area contributed by atoms with Crippen molar-refractivity contribution in [3.05, 3.63) is 223 Å². The smallest absolute Gasteiger partial charge is 0.136 e. The molecular formula is C64H49NO. The highest BCUT2D eigenvalue weighted by molar-refractivity contribution is 6.08. The number of hydrogen-bond acceptors (Lipinski definition) is 2. The van der Waals surface area contributed by atoms with E-state index in [9.17, 15) is 0 Å². The van der Waals surface area contributed by atoms with Crippen LogP contribution in [-0.2, 0) is 5.41 Å². The Morgan fingerprint density at radius 3 is 1.59 bits per heavy atom. The molecule has 2 heteroatoms. The number of furan rings is 1. The molecule has 1 spiro atoms. The van der Waals surface area contributed by atoms with Crippen LogP contribution in [0, 0.1) is 23.7 Å². The fourth-order valence-corrected chi connectivity index (χ4v) is 13.7. The molecule has 2 nitrogen and oxygen atoms in total. The molecule has 0 N–H and O–H groups in total. The second-order valence-corrected chi connectivity index (χ2v) is 19.7. The second kappa shape index (κ2) is 14.8. The molecule has 4 saturated carbocycles. The highest BCUT2D eigenvalue weighted by Crippen LogP contribution is 2.69. The van der Waals surface area contributed by atoms with Gasteiger partial charge in [-0.1, -0.05) is 152 Å². The molecule has 0 aliphatic heterocycles. The molecule has 4 fully saturated rings. The highest BCUT2D eigenvalue weighted by atomic mass is 16.3. The summed E-state index contributed by atoms with van der Waals surface area (Å²) in [7, 11) is 0.